The van der Waals surface area contributed by atoms with Crippen LogP contribution in [0.15, 0.2) is 22.5 Å². The number of hydrogen-bond donors (Lipinski definition) is 2. The van der Waals surface area contributed by atoms with E-state index >= 15 is 0 Å². The number of aryl methyl sites for hydroxylation is 2. The molecule has 6 nitrogen and oxygen atoms in total. The van der Waals surface area contributed by atoms with Crippen molar-refractivity contribution in [2.45, 2.75) is 6.92 Å². The van der Waals surface area contributed by atoms with Gasteiger partial charge in [-0.1, -0.05) is 11.3 Å². The molecule has 78 valence electrons. The van der Waals surface area contributed by atoms with Crippen LogP contribution in [0.5, 0.6) is 0 Å². The molecule has 0 bridgehead atoms. The van der Waals surface area contributed by atoms with E-state index in [9.17, 15) is 0 Å². The maximum Gasteiger partial charge on any atom is 0.370 e. The zero-order valence-electron chi connectivity index (χ0n) is 8.43. The molecule has 2 aromatic rings. The van der Waals surface area contributed by atoms with Gasteiger partial charge in [-0.2, -0.15) is 4.68 Å². The van der Waals surface area contributed by atoms with Crippen LogP contribution in [0, 0.1) is 6.92 Å². The number of nitrogens with two attached hydrogens (primary N) is 1. The Balaban J connectivity index is 2.26. The lowest BCUT2D eigenvalue weighted by Gasteiger charge is -1.81. The lowest BCUT2D eigenvalue weighted by Crippen LogP contribution is -2.28. The molecule has 0 atom stereocenters. The molecule has 0 fully saturated rings. The van der Waals surface area contributed by atoms with E-state index in [0.29, 0.717) is 5.13 Å². The van der Waals surface area contributed by atoms with Gasteiger partial charge in [0.25, 0.3) is 0 Å². The number of nitrogen functional groups attached to an aromatic ring is 1. The number of hydrogen-bond acceptors (Lipinski definition) is 5. The maximum atomic E-state index is 5.55. The third-order valence-electron chi connectivity index (χ3n) is 1.88. The second kappa shape index (κ2) is 3.77. The van der Waals surface area contributed by atoms with Crippen molar-refractivity contribution in [2.75, 3.05) is 5.73 Å². The van der Waals surface area contributed by atoms with Crippen LogP contribution in [-0.4, -0.2) is 10.1 Å². The molecule has 2 aromatic heterocycles. The van der Waals surface area contributed by atoms with Crippen LogP contribution in [0.4, 0.5) is 16.0 Å². The first-order valence-electron chi connectivity index (χ1n) is 4.35. The first-order valence-corrected chi connectivity index (χ1v) is 5.16. The van der Waals surface area contributed by atoms with Crippen LogP contribution >= 0.6 is 11.3 Å². The molecule has 0 saturated carbocycles. The topological polar surface area (TPSA) is 83.3 Å². The van der Waals surface area contributed by atoms with Crippen molar-refractivity contribution in [3.63, 3.8) is 0 Å². The van der Waals surface area contributed by atoms with E-state index in [2.05, 4.69) is 20.3 Å². The molecular formula is C8H11N6S+. The summed E-state index contributed by atoms with van der Waals surface area (Å²) in [5.74, 6) is 0.751. The number of rotatable bonds is 2. The highest BCUT2D eigenvalue weighted by Gasteiger charge is 2.09. The summed E-state index contributed by atoms with van der Waals surface area (Å²) >= 11 is 1.33. The fourth-order valence-electron chi connectivity index (χ4n) is 1.10. The number of nitrogens with zero attached hydrogens (tertiary/aromatic N) is 4. The molecule has 2 rings (SSSR count). The zero-order valence-corrected chi connectivity index (χ0v) is 9.25. The van der Waals surface area contributed by atoms with Gasteiger partial charge in [0.05, 0.1) is 16.9 Å². The largest absolute Gasteiger partial charge is 0.375 e. The van der Waals surface area contributed by atoms with Crippen molar-refractivity contribution < 1.29 is 4.68 Å². The highest BCUT2D eigenvalue weighted by atomic mass is 32.1. The lowest BCUT2D eigenvalue weighted by molar-refractivity contribution is -0.714. The van der Waals surface area contributed by atoms with Crippen molar-refractivity contribution in [3.05, 3.63) is 18.0 Å². The van der Waals surface area contributed by atoms with E-state index in [-0.39, 0.29) is 0 Å². The van der Waals surface area contributed by atoms with Gasteiger partial charge in [-0.05, 0) is 12.0 Å². The van der Waals surface area contributed by atoms with E-state index < -0.39 is 0 Å². The van der Waals surface area contributed by atoms with Crippen LogP contribution in [0.1, 0.15) is 5.69 Å². The van der Waals surface area contributed by atoms with Crippen LogP contribution < -0.4 is 10.4 Å². The fourth-order valence-corrected chi connectivity index (χ4v) is 1.76. The van der Waals surface area contributed by atoms with Gasteiger partial charge in [-0.25, -0.2) is 10.1 Å². The number of azo groups is 1. The van der Waals surface area contributed by atoms with E-state index in [0.717, 1.165) is 16.5 Å². The van der Waals surface area contributed by atoms with Gasteiger partial charge in [0, 0.05) is 6.20 Å². The van der Waals surface area contributed by atoms with E-state index in [1.165, 1.54) is 11.3 Å². The molecule has 0 unspecified atom stereocenters. The molecule has 0 aromatic carbocycles. The minimum absolute atomic E-state index is 0.514. The molecule has 7 heteroatoms. The third-order valence-corrected chi connectivity index (χ3v) is 2.75. The number of H-pyrrole nitrogens is 1. The Morgan fingerprint density at radius 1 is 1.53 bits per heavy atom. The molecular weight excluding hydrogens is 212 g/mol. The number of aromatic amines is 1. The highest BCUT2D eigenvalue weighted by Crippen LogP contribution is 2.29. The van der Waals surface area contributed by atoms with Gasteiger partial charge in [0.1, 0.15) is 7.05 Å². The summed E-state index contributed by atoms with van der Waals surface area (Å²) in [6.07, 6.45) is 1.79. The molecule has 15 heavy (non-hydrogen) atoms. The number of thiazole rings is 1. The van der Waals surface area contributed by atoms with Gasteiger partial charge < -0.3 is 5.73 Å². The van der Waals surface area contributed by atoms with Crippen LogP contribution in [0.25, 0.3) is 0 Å². The average Bonchev–Trinajstić information content (AvgIpc) is 2.70. The molecule has 0 spiro atoms. The van der Waals surface area contributed by atoms with Gasteiger partial charge in [0.2, 0.25) is 0 Å². The smallest absolute Gasteiger partial charge is 0.370 e. The summed E-state index contributed by atoms with van der Waals surface area (Å²) < 4.78 is 1.77. The molecule has 0 saturated heterocycles. The average molecular weight is 223 g/mol. The summed E-state index contributed by atoms with van der Waals surface area (Å²) in [6.45, 7) is 1.86. The van der Waals surface area contributed by atoms with Crippen LogP contribution in [0.3, 0.4) is 0 Å². The molecule has 0 aliphatic carbocycles. The minimum atomic E-state index is 0.514. The van der Waals surface area contributed by atoms with Crippen molar-refractivity contribution in [1.82, 2.24) is 10.1 Å². The Kier molecular flexibility index (Phi) is 2.46. The number of aromatic nitrogens is 3. The normalized spacial score (nSPS) is 11.3. The Bertz CT molecular complexity index is 497. The summed E-state index contributed by atoms with van der Waals surface area (Å²) in [7, 11) is 1.86. The van der Waals surface area contributed by atoms with Crippen LogP contribution in [-0.2, 0) is 7.05 Å². The number of nitrogens with one attached hydrogen (secondary N) is 1. The lowest BCUT2D eigenvalue weighted by atomic mass is 10.5. The maximum absolute atomic E-state index is 5.55. The van der Waals surface area contributed by atoms with Crippen LogP contribution in [0.2, 0.25) is 0 Å². The number of anilines is 1. The Morgan fingerprint density at radius 2 is 2.33 bits per heavy atom. The van der Waals surface area contributed by atoms with Crippen molar-refractivity contribution >= 4 is 27.3 Å². The van der Waals surface area contributed by atoms with Crippen molar-refractivity contribution in [2.24, 2.45) is 17.3 Å². The molecule has 0 amide bonds. The molecule has 0 aliphatic heterocycles. The quantitative estimate of drug-likeness (QED) is 0.598. The third kappa shape index (κ3) is 2.01. The SMILES string of the molecule is Cc1nc(N)sc1N=Nc1cc[nH][n+]1C. The van der Waals surface area contributed by atoms with Gasteiger partial charge in [-0.15, -0.1) is 0 Å². The van der Waals surface area contributed by atoms with E-state index in [4.69, 9.17) is 5.73 Å². The first-order chi connectivity index (χ1) is 7.16. The second-order valence-electron chi connectivity index (χ2n) is 3.02. The second-order valence-corrected chi connectivity index (χ2v) is 4.03. The Hall–Kier alpha value is -1.76. The zero-order chi connectivity index (χ0) is 10.8. The summed E-state index contributed by atoms with van der Waals surface area (Å²) in [5.41, 5.74) is 6.36. The predicted molar refractivity (Wildman–Crippen MR) is 57.4 cm³/mol. The fraction of sp³-hybridized carbons (Fsp3) is 0.250. The van der Waals surface area contributed by atoms with E-state index in [1.807, 2.05) is 20.0 Å². The van der Waals surface area contributed by atoms with Crippen molar-refractivity contribution in [1.29, 1.82) is 0 Å². The molecule has 2 heterocycles. The van der Waals surface area contributed by atoms with E-state index in [1.54, 1.807) is 10.9 Å². The summed E-state index contributed by atoms with van der Waals surface area (Å²) in [4.78, 5) is 4.06. The van der Waals surface area contributed by atoms with Gasteiger partial charge in [-0.3, -0.25) is 0 Å². The molecule has 0 aliphatic rings. The summed E-state index contributed by atoms with van der Waals surface area (Å²) in [5, 5.41) is 12.4. The Labute approximate surface area is 90.5 Å². The predicted octanol–water partition coefficient (Wildman–Crippen LogP) is 1.60. The minimum Gasteiger partial charge on any atom is -0.375 e. The van der Waals surface area contributed by atoms with Gasteiger partial charge in [0.15, 0.2) is 10.1 Å². The first kappa shape index (κ1) is 9.78. The molecule has 3 N–H and O–H groups in total. The van der Waals surface area contributed by atoms with Crippen molar-refractivity contribution in [3.8, 4) is 0 Å². The standard InChI is InChI=1S/C8H10N6S/c1-5-7(15-8(9)11-5)13-12-6-3-4-10-14(6)2/h3-4H,1-2H3,(H2,9,10,11,12)/p+1. The highest BCUT2D eigenvalue weighted by molar-refractivity contribution is 7.19. The molecule has 0 radical (unpaired) electrons. The Morgan fingerprint density at radius 3 is 2.87 bits per heavy atom. The van der Waals surface area contributed by atoms with Gasteiger partial charge >= 0.3 is 5.82 Å². The monoisotopic (exact) mass is 223 g/mol. The summed E-state index contributed by atoms with van der Waals surface area (Å²) in [6, 6.07) is 1.84.